The first kappa shape index (κ1) is 33.7. The van der Waals surface area contributed by atoms with Crippen LogP contribution in [0.3, 0.4) is 0 Å². The van der Waals surface area contributed by atoms with E-state index in [-0.39, 0.29) is 36.4 Å². The lowest BCUT2D eigenvalue weighted by molar-refractivity contribution is -0.154. The molecular formula is C38H48N4O7. The number of carboxylic acid groups (broad SMARTS) is 2. The van der Waals surface area contributed by atoms with E-state index < -0.39 is 39.9 Å². The summed E-state index contributed by atoms with van der Waals surface area (Å²) in [6.45, 7) is 9.36. The monoisotopic (exact) mass is 672 g/mol. The lowest BCUT2D eigenvalue weighted by Gasteiger charge is -2.55. The Hall–Kier alpha value is -3.83. The molecule has 0 aromatic carbocycles. The van der Waals surface area contributed by atoms with Gasteiger partial charge in [-0.1, -0.05) is 37.1 Å². The van der Waals surface area contributed by atoms with Crippen LogP contribution in [0.1, 0.15) is 65.2 Å². The summed E-state index contributed by atoms with van der Waals surface area (Å²) in [5.41, 5.74) is -0.988. The van der Waals surface area contributed by atoms with Crippen molar-refractivity contribution in [3.8, 4) is 0 Å². The lowest BCUT2D eigenvalue weighted by Crippen LogP contribution is -2.58. The van der Waals surface area contributed by atoms with Crippen molar-refractivity contribution in [3.05, 3.63) is 53.1 Å². The van der Waals surface area contributed by atoms with E-state index in [1.54, 1.807) is 6.08 Å². The van der Waals surface area contributed by atoms with Crippen molar-refractivity contribution in [2.24, 2.45) is 28.6 Å². The van der Waals surface area contributed by atoms with Crippen molar-refractivity contribution in [1.29, 1.82) is 0 Å². The van der Waals surface area contributed by atoms with Gasteiger partial charge >= 0.3 is 11.9 Å². The van der Waals surface area contributed by atoms with Gasteiger partial charge in [0.05, 0.1) is 18.0 Å². The molecule has 49 heavy (non-hydrogen) atoms. The van der Waals surface area contributed by atoms with Crippen LogP contribution in [0.5, 0.6) is 0 Å². The fourth-order valence-electron chi connectivity index (χ4n) is 10.3. The van der Waals surface area contributed by atoms with Gasteiger partial charge in [0.2, 0.25) is 0 Å². The molecular weight excluding hydrogens is 624 g/mol. The van der Waals surface area contributed by atoms with Crippen molar-refractivity contribution in [3.63, 3.8) is 0 Å². The molecule has 1 aromatic heterocycles. The van der Waals surface area contributed by atoms with Crippen LogP contribution in [0, 0.1) is 28.6 Å². The number of Topliss-reactive ketones (excluding diaryl/α,β-unsaturated/α-hetero) is 1. The van der Waals surface area contributed by atoms with Gasteiger partial charge in [-0.25, -0.2) is 14.6 Å². The zero-order valence-corrected chi connectivity index (χ0v) is 28.6. The quantitative estimate of drug-likeness (QED) is 0.273. The summed E-state index contributed by atoms with van der Waals surface area (Å²) in [4.78, 5) is 62.4. The highest BCUT2D eigenvalue weighted by molar-refractivity contribution is 6.05. The number of carbonyl (C=O) groups excluding carboxylic acids is 2. The molecule has 2 saturated heterocycles. The molecule has 0 spiro atoms. The number of allylic oxidation sites excluding steroid dienone is 4. The Bertz CT molecular complexity index is 1650. The first-order valence-electron chi connectivity index (χ1n) is 17.9. The van der Waals surface area contributed by atoms with Gasteiger partial charge in [0.1, 0.15) is 17.2 Å². The number of aliphatic carboxylic acids is 2. The topological polar surface area (TPSA) is 152 Å². The summed E-state index contributed by atoms with van der Waals surface area (Å²) >= 11 is 0. The van der Waals surface area contributed by atoms with E-state index in [9.17, 15) is 34.5 Å². The molecule has 2 saturated carbocycles. The number of carbonyl (C=O) groups is 4. The SMILES string of the molecule is C[C@]12CC(C(=CC(=O)O)C(=O)O)C(=O)C=C1CC[C@@H]1C2=CC[C@@]2(C)[C@H]1CC[C@]2(O)C(=O)CN1CCN(c2cccc(N3CCCC3)n2)CC1. The average molecular weight is 673 g/mol. The Kier molecular flexibility index (Phi) is 8.58. The summed E-state index contributed by atoms with van der Waals surface area (Å²) in [5, 5.41) is 31.4. The second kappa shape index (κ2) is 12.5. The predicted molar refractivity (Wildman–Crippen MR) is 183 cm³/mol. The minimum absolute atomic E-state index is 0.0650. The second-order valence-corrected chi connectivity index (χ2v) is 15.6. The number of hydrogen-bond donors (Lipinski definition) is 3. The Morgan fingerprint density at radius 1 is 0.980 bits per heavy atom. The van der Waals surface area contributed by atoms with Gasteiger partial charge < -0.3 is 25.1 Å². The number of rotatable bonds is 8. The molecule has 1 unspecified atom stereocenters. The van der Waals surface area contributed by atoms with Crippen LogP contribution in [0.25, 0.3) is 0 Å². The van der Waals surface area contributed by atoms with E-state index in [4.69, 9.17) is 4.98 Å². The van der Waals surface area contributed by atoms with Crippen LogP contribution in [-0.2, 0) is 19.2 Å². The first-order chi connectivity index (χ1) is 23.3. The first-order valence-corrected chi connectivity index (χ1v) is 17.9. The molecule has 262 valence electrons. The van der Waals surface area contributed by atoms with E-state index in [1.807, 2.05) is 6.92 Å². The molecule has 11 nitrogen and oxygen atoms in total. The number of aromatic nitrogens is 1. The smallest absolute Gasteiger partial charge is 0.332 e. The van der Waals surface area contributed by atoms with Crippen LogP contribution in [0.4, 0.5) is 11.6 Å². The minimum atomic E-state index is -1.45. The number of carboxylic acids is 2. The van der Waals surface area contributed by atoms with Crippen molar-refractivity contribution >= 4 is 35.1 Å². The van der Waals surface area contributed by atoms with Gasteiger partial charge in [0.15, 0.2) is 11.6 Å². The average Bonchev–Trinajstić information content (AvgIpc) is 3.71. The second-order valence-electron chi connectivity index (χ2n) is 15.6. The number of piperazine rings is 1. The van der Waals surface area contributed by atoms with Gasteiger partial charge in [-0.05, 0) is 81.4 Å². The number of pyridine rings is 1. The largest absolute Gasteiger partial charge is 0.478 e. The van der Waals surface area contributed by atoms with Crippen molar-refractivity contribution < 1.29 is 34.5 Å². The summed E-state index contributed by atoms with van der Waals surface area (Å²) in [7, 11) is 0. The van der Waals surface area contributed by atoms with Crippen LogP contribution in [-0.4, -0.2) is 100 Å². The van der Waals surface area contributed by atoms with Gasteiger partial charge in [-0.3, -0.25) is 14.5 Å². The van der Waals surface area contributed by atoms with Crippen LogP contribution < -0.4 is 9.80 Å². The Balaban J connectivity index is 1.05. The van der Waals surface area contributed by atoms with Crippen LogP contribution in [0.2, 0.25) is 0 Å². The van der Waals surface area contributed by atoms with E-state index in [1.165, 1.54) is 12.8 Å². The Morgan fingerprint density at radius 3 is 2.31 bits per heavy atom. The Morgan fingerprint density at radius 2 is 1.65 bits per heavy atom. The third kappa shape index (κ3) is 5.62. The maximum atomic E-state index is 14.1. The highest BCUT2D eigenvalue weighted by Crippen LogP contribution is 2.66. The molecule has 3 N–H and O–H groups in total. The third-order valence-corrected chi connectivity index (χ3v) is 13.1. The molecule has 0 amide bonds. The normalized spacial score (nSPS) is 34.9. The number of nitrogens with zero attached hydrogens (tertiary/aromatic N) is 4. The molecule has 7 rings (SSSR count). The van der Waals surface area contributed by atoms with Gasteiger partial charge in [-0.2, -0.15) is 0 Å². The Labute approximate surface area is 287 Å². The van der Waals surface area contributed by atoms with Gasteiger partial charge in [0, 0.05) is 56.2 Å². The number of aliphatic hydroxyl groups is 1. The maximum Gasteiger partial charge on any atom is 0.332 e. The molecule has 6 aliphatic rings. The van der Waals surface area contributed by atoms with Crippen LogP contribution in [0.15, 0.2) is 53.1 Å². The summed E-state index contributed by atoms with van der Waals surface area (Å²) in [5.74, 6) is -2.19. The highest BCUT2D eigenvalue weighted by atomic mass is 16.4. The zero-order chi connectivity index (χ0) is 34.7. The molecule has 0 radical (unpaired) electrons. The van der Waals surface area contributed by atoms with Crippen molar-refractivity contribution in [2.45, 2.75) is 70.8 Å². The summed E-state index contributed by atoms with van der Waals surface area (Å²) in [6, 6.07) is 6.21. The minimum Gasteiger partial charge on any atom is -0.478 e. The van der Waals surface area contributed by atoms with E-state index in [2.05, 4.69) is 45.9 Å². The van der Waals surface area contributed by atoms with E-state index in [0.29, 0.717) is 44.8 Å². The van der Waals surface area contributed by atoms with Gasteiger partial charge in [-0.15, -0.1) is 0 Å². The molecule has 3 heterocycles. The third-order valence-electron chi connectivity index (χ3n) is 13.1. The zero-order valence-electron chi connectivity index (χ0n) is 28.6. The maximum absolute atomic E-state index is 14.1. The number of anilines is 2. The van der Waals surface area contributed by atoms with Crippen molar-refractivity contribution in [1.82, 2.24) is 9.88 Å². The fraction of sp³-hybridized carbons (Fsp3) is 0.605. The standard InChI is InChI=1S/C38H48N4O7/c1-36-22-27(26(35(47)48)21-34(45)46)30(43)20-24(36)8-9-25-28(36)10-12-37(2)29(25)11-13-38(37,49)31(44)23-40-16-18-42(19-17-40)33-7-5-6-32(39-33)41-14-3-4-15-41/h5-7,10,20-21,25,27,29,49H,3-4,8-9,11-19,22-23H2,1-2H3,(H,45,46)(H,47,48)/t25-,27?,29+,36+,37+,38+/m1/s1. The highest BCUT2D eigenvalue weighted by Gasteiger charge is 2.64. The molecule has 2 aliphatic heterocycles. The van der Waals surface area contributed by atoms with Crippen LogP contribution >= 0.6 is 0 Å². The van der Waals surface area contributed by atoms with E-state index in [0.717, 1.165) is 55.4 Å². The molecule has 6 atom stereocenters. The fourth-order valence-corrected chi connectivity index (χ4v) is 10.3. The number of ketones is 2. The lowest BCUT2D eigenvalue weighted by atomic mass is 9.49. The van der Waals surface area contributed by atoms with E-state index >= 15 is 0 Å². The molecule has 11 heteroatoms. The number of hydrogen-bond acceptors (Lipinski definition) is 9. The predicted octanol–water partition coefficient (Wildman–Crippen LogP) is 3.88. The molecule has 4 aliphatic carbocycles. The molecule has 4 fully saturated rings. The molecule has 1 aromatic rings. The van der Waals surface area contributed by atoms with Crippen molar-refractivity contribution in [2.75, 3.05) is 55.6 Å². The number of fused-ring (bicyclic) bond motifs is 5. The van der Waals surface area contributed by atoms with Gasteiger partial charge in [0.25, 0.3) is 0 Å². The summed E-state index contributed by atoms with van der Waals surface area (Å²) < 4.78 is 0. The summed E-state index contributed by atoms with van der Waals surface area (Å²) in [6.07, 6.45) is 10.0. The molecule has 0 bridgehead atoms.